The zero-order chi connectivity index (χ0) is 8.20. The molecule has 0 fully saturated rings. The van der Waals surface area contributed by atoms with E-state index >= 15 is 0 Å². The van der Waals surface area contributed by atoms with Crippen molar-refractivity contribution in [1.29, 1.82) is 5.26 Å². The third-order valence-corrected chi connectivity index (χ3v) is 2.40. The second-order valence-corrected chi connectivity index (χ2v) is 3.91. The predicted molar refractivity (Wildman–Crippen MR) is 37.7 cm³/mol. The van der Waals surface area contributed by atoms with Crippen molar-refractivity contribution in [3.8, 4) is 6.07 Å². The van der Waals surface area contributed by atoms with Crippen LogP contribution in [0, 0.1) is 11.3 Å². The Morgan fingerprint density at radius 2 is 2.20 bits per heavy atom. The molecule has 0 spiro atoms. The van der Waals surface area contributed by atoms with Crippen LogP contribution in [0.25, 0.3) is 0 Å². The van der Waals surface area contributed by atoms with Gasteiger partial charge < -0.3 is 0 Å². The van der Waals surface area contributed by atoms with Gasteiger partial charge in [-0.3, -0.25) is 0 Å². The molecule has 0 rings (SSSR count). The van der Waals surface area contributed by atoms with Gasteiger partial charge in [0.05, 0.1) is 11.8 Å². The highest BCUT2D eigenvalue weighted by Crippen LogP contribution is 1.85. The van der Waals surface area contributed by atoms with Crippen molar-refractivity contribution in [2.75, 3.05) is 5.75 Å². The van der Waals surface area contributed by atoms with Crippen LogP contribution in [0.5, 0.6) is 0 Å². The fourth-order valence-corrected chi connectivity index (χ4v) is 1.14. The summed E-state index contributed by atoms with van der Waals surface area (Å²) in [4.78, 5) is 0. The maximum Gasteiger partial charge on any atom is 0.212 e. The van der Waals surface area contributed by atoms with E-state index in [1.165, 1.54) is 13.8 Å². The third kappa shape index (κ3) is 3.43. The lowest BCUT2D eigenvalue weighted by atomic mass is 10.4. The Bertz CT molecular complexity index is 227. The summed E-state index contributed by atoms with van der Waals surface area (Å²) in [5.74, 6) is 0.0129. The predicted octanol–water partition coefficient (Wildman–Crippen LogP) is -0.162. The Kier molecular flexibility index (Phi) is 3.33. The average Bonchev–Trinajstić information content (AvgIpc) is 1.87. The molecule has 0 aliphatic heterocycles. The second kappa shape index (κ2) is 3.54. The molecule has 0 saturated carbocycles. The van der Waals surface area contributed by atoms with E-state index in [4.69, 9.17) is 5.26 Å². The highest BCUT2D eigenvalue weighted by molar-refractivity contribution is 7.89. The molecule has 0 aliphatic rings. The Morgan fingerprint density at radius 1 is 1.70 bits per heavy atom. The van der Waals surface area contributed by atoms with Crippen LogP contribution in [-0.4, -0.2) is 20.2 Å². The van der Waals surface area contributed by atoms with E-state index in [-0.39, 0.29) is 5.75 Å². The number of nitriles is 1. The van der Waals surface area contributed by atoms with E-state index in [1.807, 2.05) is 0 Å². The van der Waals surface area contributed by atoms with Crippen LogP contribution in [0.15, 0.2) is 0 Å². The summed E-state index contributed by atoms with van der Waals surface area (Å²) < 4.78 is 23.6. The summed E-state index contributed by atoms with van der Waals surface area (Å²) in [6, 6.07) is 1.13. The molecule has 0 amide bonds. The zero-order valence-electron chi connectivity index (χ0n) is 5.96. The standard InChI is InChI=1S/C5H10N2O2S/c1-3-10(8,9)7-5(2)4-6/h5,7H,3H2,1-2H3. The van der Waals surface area contributed by atoms with Gasteiger partial charge in [-0.2, -0.15) is 9.98 Å². The fraction of sp³-hybridized carbons (Fsp3) is 0.800. The summed E-state index contributed by atoms with van der Waals surface area (Å²) in [5, 5.41) is 8.22. The highest BCUT2D eigenvalue weighted by Gasteiger charge is 2.09. The summed E-state index contributed by atoms with van der Waals surface area (Å²) in [5.41, 5.74) is 0. The van der Waals surface area contributed by atoms with Crippen molar-refractivity contribution in [2.24, 2.45) is 0 Å². The molecule has 1 N–H and O–H groups in total. The van der Waals surface area contributed by atoms with Gasteiger partial charge in [-0.1, -0.05) is 0 Å². The van der Waals surface area contributed by atoms with Crippen molar-refractivity contribution in [3.05, 3.63) is 0 Å². The summed E-state index contributed by atoms with van der Waals surface area (Å²) >= 11 is 0. The molecule has 0 bridgehead atoms. The molecule has 4 nitrogen and oxygen atoms in total. The van der Waals surface area contributed by atoms with Gasteiger partial charge in [0.15, 0.2) is 0 Å². The quantitative estimate of drug-likeness (QED) is 0.626. The molecule has 5 heteroatoms. The third-order valence-electron chi connectivity index (χ3n) is 0.930. The largest absolute Gasteiger partial charge is 0.212 e. The molecule has 1 unspecified atom stereocenters. The molecule has 0 radical (unpaired) electrons. The van der Waals surface area contributed by atoms with E-state index in [0.29, 0.717) is 0 Å². The van der Waals surface area contributed by atoms with E-state index in [2.05, 4.69) is 4.72 Å². The maximum atomic E-state index is 10.7. The first-order chi connectivity index (χ1) is 4.52. The van der Waals surface area contributed by atoms with Crippen molar-refractivity contribution in [3.63, 3.8) is 0 Å². The molecule has 0 aromatic carbocycles. The summed E-state index contributed by atoms with van der Waals surface area (Å²) in [7, 11) is -3.20. The number of rotatable bonds is 3. The van der Waals surface area contributed by atoms with Gasteiger partial charge in [-0.25, -0.2) is 8.42 Å². The minimum absolute atomic E-state index is 0.0129. The normalized spacial score (nSPS) is 14.1. The van der Waals surface area contributed by atoms with Gasteiger partial charge in [0.1, 0.15) is 6.04 Å². The molecule has 0 aromatic heterocycles. The van der Waals surface area contributed by atoms with Crippen molar-refractivity contribution < 1.29 is 8.42 Å². The van der Waals surface area contributed by atoms with Crippen LogP contribution in [0.4, 0.5) is 0 Å². The van der Waals surface area contributed by atoms with Gasteiger partial charge in [-0.05, 0) is 13.8 Å². The molecule has 0 aliphatic carbocycles. The van der Waals surface area contributed by atoms with Gasteiger partial charge >= 0.3 is 0 Å². The highest BCUT2D eigenvalue weighted by atomic mass is 32.2. The number of hydrogen-bond acceptors (Lipinski definition) is 3. The van der Waals surface area contributed by atoms with Crippen LogP contribution < -0.4 is 4.72 Å². The van der Waals surface area contributed by atoms with Crippen LogP contribution in [0.1, 0.15) is 13.8 Å². The van der Waals surface area contributed by atoms with Crippen LogP contribution >= 0.6 is 0 Å². The lowest BCUT2D eigenvalue weighted by molar-refractivity contribution is 0.578. The Hall–Kier alpha value is -0.600. The molecule has 58 valence electrons. The molecule has 0 saturated heterocycles. The fourth-order valence-electron chi connectivity index (χ4n) is 0.379. The molecular weight excluding hydrogens is 152 g/mol. The van der Waals surface area contributed by atoms with E-state index in [0.717, 1.165) is 0 Å². The van der Waals surface area contributed by atoms with E-state index in [1.54, 1.807) is 6.07 Å². The Balaban J connectivity index is 4.06. The van der Waals surface area contributed by atoms with Crippen molar-refractivity contribution in [2.45, 2.75) is 19.9 Å². The second-order valence-electron chi connectivity index (χ2n) is 1.87. The molecule has 1 atom stereocenters. The minimum Gasteiger partial charge on any atom is -0.212 e. The molecule has 0 aromatic rings. The Labute approximate surface area is 60.9 Å². The first kappa shape index (κ1) is 9.40. The number of nitrogens with zero attached hydrogens (tertiary/aromatic N) is 1. The van der Waals surface area contributed by atoms with Crippen LogP contribution in [0.3, 0.4) is 0 Å². The number of nitrogens with one attached hydrogen (secondary N) is 1. The molecular formula is C5H10N2O2S. The van der Waals surface area contributed by atoms with E-state index in [9.17, 15) is 8.42 Å². The first-order valence-electron chi connectivity index (χ1n) is 2.91. The average molecular weight is 162 g/mol. The van der Waals surface area contributed by atoms with Crippen molar-refractivity contribution >= 4 is 10.0 Å². The van der Waals surface area contributed by atoms with Gasteiger partial charge in [-0.15, -0.1) is 0 Å². The van der Waals surface area contributed by atoms with Crippen molar-refractivity contribution in [1.82, 2.24) is 4.72 Å². The SMILES string of the molecule is CCS(=O)(=O)NC(C)C#N. The Morgan fingerprint density at radius 3 is 2.50 bits per heavy atom. The zero-order valence-corrected chi connectivity index (χ0v) is 6.77. The van der Waals surface area contributed by atoms with Gasteiger partial charge in [0, 0.05) is 0 Å². The van der Waals surface area contributed by atoms with Gasteiger partial charge in [0.2, 0.25) is 10.0 Å². The number of hydrogen-bond donors (Lipinski definition) is 1. The monoisotopic (exact) mass is 162 g/mol. The lowest BCUT2D eigenvalue weighted by Crippen LogP contribution is -2.32. The lowest BCUT2D eigenvalue weighted by Gasteiger charge is -2.03. The molecule has 0 heterocycles. The van der Waals surface area contributed by atoms with Crippen LogP contribution in [-0.2, 0) is 10.0 Å². The topological polar surface area (TPSA) is 70.0 Å². The smallest absolute Gasteiger partial charge is 0.212 e. The summed E-state index contributed by atoms with van der Waals surface area (Å²) in [6.07, 6.45) is 0. The summed E-state index contributed by atoms with van der Waals surface area (Å²) in [6.45, 7) is 3.01. The van der Waals surface area contributed by atoms with Gasteiger partial charge in [0.25, 0.3) is 0 Å². The maximum absolute atomic E-state index is 10.7. The van der Waals surface area contributed by atoms with Crippen LogP contribution in [0.2, 0.25) is 0 Å². The first-order valence-corrected chi connectivity index (χ1v) is 4.56. The number of sulfonamides is 1. The van der Waals surface area contributed by atoms with E-state index < -0.39 is 16.1 Å². The minimum atomic E-state index is -3.20. The molecule has 10 heavy (non-hydrogen) atoms.